The van der Waals surface area contributed by atoms with Crippen molar-refractivity contribution >= 4 is 11.8 Å². The molecule has 0 spiro atoms. The molecule has 0 heterocycles. The zero-order valence-corrected chi connectivity index (χ0v) is 19.4. The Morgan fingerprint density at radius 1 is 0.923 bits per heavy atom. The van der Waals surface area contributed by atoms with Crippen LogP contribution in [0.1, 0.15) is 88.5 Å². The van der Waals surface area contributed by atoms with Gasteiger partial charge >= 0.3 is 0 Å². The molecule has 0 aromatic carbocycles. The van der Waals surface area contributed by atoms with Crippen LogP contribution in [0.15, 0.2) is 0 Å². The number of nitrogens with two attached hydrogens (primary N) is 2. The number of hydrogen-bond donors (Lipinski definition) is 3. The van der Waals surface area contributed by atoms with Gasteiger partial charge in [0.05, 0.1) is 0 Å². The van der Waals surface area contributed by atoms with E-state index < -0.39 is 0 Å². The maximum atomic E-state index is 12.3. The van der Waals surface area contributed by atoms with E-state index in [0.717, 1.165) is 6.42 Å². The fraction of sp³-hybridized carbons (Fsp3) is 0.905. The summed E-state index contributed by atoms with van der Waals surface area (Å²) in [5.74, 6) is 0.0889. The van der Waals surface area contributed by atoms with E-state index in [2.05, 4.69) is 52.6 Å². The number of rotatable bonds is 8. The average Bonchev–Trinajstić information content (AvgIpc) is 2.44. The Bertz CT molecular complexity index is 400. The fourth-order valence-electron chi connectivity index (χ4n) is 2.70. The molecule has 0 rings (SSSR count). The van der Waals surface area contributed by atoms with Crippen LogP contribution in [0, 0.1) is 22.2 Å². The van der Waals surface area contributed by atoms with Crippen LogP contribution in [0.2, 0.25) is 0 Å². The second kappa shape index (κ2) is 13.1. The minimum atomic E-state index is -0.376. The highest BCUT2D eigenvalue weighted by molar-refractivity contribution is 5.82. The SMILES string of the molecule is CC(C)C(C)(C)C(=O)NCC(C)(C)CC(C)(C)CC(N)=O.CCC.CN. The molecule has 5 nitrogen and oxygen atoms in total. The van der Waals surface area contributed by atoms with E-state index in [9.17, 15) is 9.59 Å². The number of carbonyl (C=O) groups excluding carboxylic acids is 2. The Morgan fingerprint density at radius 3 is 1.62 bits per heavy atom. The Hall–Kier alpha value is -1.10. The van der Waals surface area contributed by atoms with Crippen molar-refractivity contribution in [1.82, 2.24) is 5.32 Å². The lowest BCUT2D eigenvalue weighted by atomic mass is 9.73. The number of carbonyl (C=O) groups is 2. The number of hydrogen-bond acceptors (Lipinski definition) is 3. The smallest absolute Gasteiger partial charge is 0.225 e. The molecule has 0 atom stereocenters. The molecule has 0 aromatic rings. The van der Waals surface area contributed by atoms with E-state index >= 15 is 0 Å². The van der Waals surface area contributed by atoms with Crippen LogP contribution in [0.5, 0.6) is 0 Å². The van der Waals surface area contributed by atoms with Gasteiger partial charge in [-0.3, -0.25) is 9.59 Å². The largest absolute Gasteiger partial charge is 0.370 e. The van der Waals surface area contributed by atoms with E-state index in [1.54, 1.807) is 0 Å². The Kier molecular flexibility index (Phi) is 15.0. The van der Waals surface area contributed by atoms with Crippen LogP contribution >= 0.6 is 0 Å². The lowest BCUT2D eigenvalue weighted by Crippen LogP contribution is -2.44. The standard InChI is InChI=1S/C17H34N2O2.C3H8.CH5N/c1-12(2)17(7,8)14(21)19-11-16(5,6)10-15(3,4)9-13(18)20;1-3-2;1-2/h12H,9-11H2,1-8H3,(H2,18,20)(H,19,21);3H2,1-2H3;2H2,1H3. The van der Waals surface area contributed by atoms with Gasteiger partial charge < -0.3 is 16.8 Å². The molecule has 0 fully saturated rings. The van der Waals surface area contributed by atoms with Crippen molar-refractivity contribution in [1.29, 1.82) is 0 Å². The maximum Gasteiger partial charge on any atom is 0.225 e. The summed E-state index contributed by atoms with van der Waals surface area (Å²) in [5.41, 5.74) is 9.18. The molecule has 158 valence electrons. The first-order valence-electron chi connectivity index (χ1n) is 9.75. The molecule has 26 heavy (non-hydrogen) atoms. The van der Waals surface area contributed by atoms with E-state index in [0.29, 0.717) is 13.0 Å². The van der Waals surface area contributed by atoms with Crippen molar-refractivity contribution in [3.05, 3.63) is 0 Å². The molecule has 0 aromatic heterocycles. The molecule has 0 aliphatic rings. The van der Waals surface area contributed by atoms with Crippen molar-refractivity contribution in [3.8, 4) is 0 Å². The molecule has 0 unspecified atom stereocenters. The second-order valence-electron chi connectivity index (χ2n) is 9.41. The lowest BCUT2D eigenvalue weighted by molar-refractivity contribution is -0.132. The first-order chi connectivity index (χ1) is 11.6. The van der Waals surface area contributed by atoms with Gasteiger partial charge in [0.15, 0.2) is 0 Å². The van der Waals surface area contributed by atoms with Crippen molar-refractivity contribution in [2.24, 2.45) is 33.6 Å². The van der Waals surface area contributed by atoms with Gasteiger partial charge in [0, 0.05) is 18.4 Å². The summed E-state index contributed by atoms with van der Waals surface area (Å²) >= 11 is 0. The van der Waals surface area contributed by atoms with Crippen LogP contribution in [0.25, 0.3) is 0 Å². The van der Waals surface area contributed by atoms with Crippen LogP contribution in [0.3, 0.4) is 0 Å². The Morgan fingerprint density at radius 2 is 1.31 bits per heavy atom. The predicted octanol–water partition coefficient (Wildman–Crippen LogP) is 4.09. The van der Waals surface area contributed by atoms with Crippen molar-refractivity contribution in [2.75, 3.05) is 13.6 Å². The highest BCUT2D eigenvalue weighted by Crippen LogP contribution is 2.36. The first-order valence-corrected chi connectivity index (χ1v) is 9.75. The zero-order valence-electron chi connectivity index (χ0n) is 19.4. The van der Waals surface area contributed by atoms with Crippen LogP contribution in [0.4, 0.5) is 0 Å². The van der Waals surface area contributed by atoms with Gasteiger partial charge in [-0.2, -0.15) is 0 Å². The average molecular weight is 374 g/mol. The summed E-state index contributed by atoms with van der Waals surface area (Å²) < 4.78 is 0. The third kappa shape index (κ3) is 14.1. The molecule has 0 aliphatic heterocycles. The molecule has 5 N–H and O–H groups in total. The summed E-state index contributed by atoms with van der Waals surface area (Å²) in [7, 11) is 1.50. The summed E-state index contributed by atoms with van der Waals surface area (Å²) in [4.78, 5) is 23.4. The minimum Gasteiger partial charge on any atom is -0.370 e. The fourth-order valence-corrected chi connectivity index (χ4v) is 2.70. The molecular weight excluding hydrogens is 326 g/mol. The molecule has 0 radical (unpaired) electrons. The Labute approximate surface area is 163 Å². The first kappa shape index (κ1) is 29.7. The van der Waals surface area contributed by atoms with Crippen LogP contribution in [-0.4, -0.2) is 25.4 Å². The summed E-state index contributed by atoms with van der Waals surface area (Å²) in [5, 5.41) is 3.07. The Balaban J connectivity index is -0.000000950. The van der Waals surface area contributed by atoms with Gasteiger partial charge in [-0.05, 0) is 30.2 Å². The van der Waals surface area contributed by atoms with Gasteiger partial charge in [0.25, 0.3) is 0 Å². The van der Waals surface area contributed by atoms with Crippen LogP contribution in [-0.2, 0) is 9.59 Å². The molecule has 2 amide bonds. The summed E-state index contributed by atoms with van der Waals surface area (Å²) in [6.07, 6.45) is 2.44. The quantitative estimate of drug-likeness (QED) is 0.597. The predicted molar refractivity (Wildman–Crippen MR) is 114 cm³/mol. The van der Waals surface area contributed by atoms with E-state index in [1.165, 1.54) is 13.5 Å². The maximum absolute atomic E-state index is 12.3. The second-order valence-corrected chi connectivity index (χ2v) is 9.41. The molecule has 0 saturated carbocycles. The minimum absolute atomic E-state index is 0.0817. The number of primary amides is 1. The monoisotopic (exact) mass is 373 g/mol. The van der Waals surface area contributed by atoms with Crippen molar-refractivity contribution in [3.63, 3.8) is 0 Å². The van der Waals surface area contributed by atoms with Gasteiger partial charge in [-0.1, -0.05) is 75.7 Å². The lowest BCUT2D eigenvalue weighted by Gasteiger charge is -2.36. The third-order valence-electron chi connectivity index (χ3n) is 4.37. The van der Waals surface area contributed by atoms with E-state index in [-0.39, 0.29) is 34.0 Å². The molecule has 0 saturated heterocycles. The molecule has 0 bridgehead atoms. The van der Waals surface area contributed by atoms with Crippen molar-refractivity contribution in [2.45, 2.75) is 88.5 Å². The summed E-state index contributed by atoms with van der Waals surface area (Å²) in [6, 6.07) is 0. The van der Waals surface area contributed by atoms with E-state index in [4.69, 9.17) is 5.73 Å². The third-order valence-corrected chi connectivity index (χ3v) is 4.37. The topological polar surface area (TPSA) is 98.2 Å². The van der Waals surface area contributed by atoms with Crippen LogP contribution < -0.4 is 16.8 Å². The highest BCUT2D eigenvalue weighted by atomic mass is 16.2. The molecule has 0 aliphatic carbocycles. The van der Waals surface area contributed by atoms with Crippen molar-refractivity contribution < 1.29 is 9.59 Å². The molecular formula is C21H47N3O2. The zero-order chi connectivity index (χ0) is 21.8. The summed E-state index contributed by atoms with van der Waals surface area (Å²) in [6.45, 7) is 21.2. The normalized spacial score (nSPS) is 11.7. The number of nitrogens with one attached hydrogen (secondary N) is 1. The highest BCUT2D eigenvalue weighted by Gasteiger charge is 2.34. The van der Waals surface area contributed by atoms with Gasteiger partial charge in [0.2, 0.25) is 11.8 Å². The van der Waals surface area contributed by atoms with Gasteiger partial charge in [-0.25, -0.2) is 0 Å². The number of amides is 2. The van der Waals surface area contributed by atoms with Gasteiger partial charge in [-0.15, -0.1) is 0 Å². The molecule has 5 heteroatoms. The van der Waals surface area contributed by atoms with E-state index in [1.807, 2.05) is 27.7 Å². The van der Waals surface area contributed by atoms with Gasteiger partial charge in [0.1, 0.15) is 0 Å².